The van der Waals surface area contributed by atoms with Crippen molar-refractivity contribution in [1.29, 1.82) is 0 Å². The van der Waals surface area contributed by atoms with E-state index in [0.717, 1.165) is 57.8 Å². The van der Waals surface area contributed by atoms with Gasteiger partial charge in [-0.05, 0) is 77.0 Å². The monoisotopic (exact) mass is 882 g/mol. The molecule has 0 radical (unpaired) electrons. The number of aliphatic carboxylic acids is 1. The molecule has 0 rings (SSSR count). The van der Waals surface area contributed by atoms with E-state index in [1.165, 1.54) is 32.1 Å². The molecule has 0 aromatic heterocycles. The highest BCUT2D eigenvalue weighted by atomic mass is 31.2. The zero-order valence-corrected chi connectivity index (χ0v) is 38.3. The SMILES string of the molecule is CCCC=CCC=CCC=CCC=CCC=CCC=CCC(=O)OC[C@H](COP(=O)(O)OC[C@H](N)C(=O)O)OC(=O)CC=CCC=CCC=CCC=CCC=CCCCCCC. The fraction of sp³-hybridized carbons (Fsp3) is 0.500. The van der Waals surface area contributed by atoms with Crippen LogP contribution >= 0.6 is 7.82 Å². The number of ether oxygens (including phenoxy) is 2. The maximum absolute atomic E-state index is 12.6. The highest BCUT2D eigenvalue weighted by Crippen LogP contribution is 2.43. The predicted octanol–water partition coefficient (Wildman–Crippen LogP) is 12.2. The summed E-state index contributed by atoms with van der Waals surface area (Å²) in [6.07, 6.45) is 60.0. The molecule has 1 unspecified atom stereocenters. The van der Waals surface area contributed by atoms with Gasteiger partial charge in [0.15, 0.2) is 6.10 Å². The Morgan fingerprint density at radius 1 is 0.500 bits per heavy atom. The maximum Gasteiger partial charge on any atom is 0.472 e. The summed E-state index contributed by atoms with van der Waals surface area (Å²) in [7, 11) is -4.77. The van der Waals surface area contributed by atoms with Crippen molar-refractivity contribution >= 4 is 25.7 Å². The number of unbranched alkanes of at least 4 members (excludes halogenated alkanes) is 5. The Hall–Kier alpha value is -4.38. The molecule has 0 aliphatic rings. The van der Waals surface area contributed by atoms with Crippen LogP contribution in [0.25, 0.3) is 0 Å². The van der Waals surface area contributed by atoms with Crippen molar-refractivity contribution in [3.05, 3.63) is 134 Å². The topological polar surface area (TPSA) is 172 Å². The number of carbonyl (C=O) groups is 3. The number of rotatable bonds is 39. The second-order valence-electron chi connectivity index (χ2n) is 14.2. The summed E-state index contributed by atoms with van der Waals surface area (Å²) in [4.78, 5) is 45.9. The van der Waals surface area contributed by atoms with Crippen molar-refractivity contribution in [3.8, 4) is 0 Å². The molecule has 12 heteroatoms. The van der Waals surface area contributed by atoms with Crippen molar-refractivity contribution in [1.82, 2.24) is 0 Å². The molecule has 0 amide bonds. The summed E-state index contributed by atoms with van der Waals surface area (Å²) in [5.41, 5.74) is 5.32. The lowest BCUT2D eigenvalue weighted by Crippen LogP contribution is -2.34. The predicted molar refractivity (Wildman–Crippen MR) is 253 cm³/mol. The van der Waals surface area contributed by atoms with Crippen LogP contribution in [0.2, 0.25) is 0 Å². The average molecular weight is 882 g/mol. The van der Waals surface area contributed by atoms with Crippen LogP contribution in [0.5, 0.6) is 0 Å². The molecule has 0 heterocycles. The second-order valence-corrected chi connectivity index (χ2v) is 15.6. The van der Waals surface area contributed by atoms with E-state index in [4.69, 9.17) is 24.8 Å². The Kier molecular flexibility index (Phi) is 40.2. The Bertz CT molecular complexity index is 1550. The van der Waals surface area contributed by atoms with Gasteiger partial charge in [-0.1, -0.05) is 173 Å². The number of hydrogen-bond acceptors (Lipinski definition) is 9. The van der Waals surface area contributed by atoms with Crippen molar-refractivity contribution < 1.29 is 47.5 Å². The zero-order valence-electron chi connectivity index (χ0n) is 37.4. The van der Waals surface area contributed by atoms with E-state index < -0.39 is 57.7 Å². The lowest BCUT2D eigenvalue weighted by atomic mass is 10.1. The first-order valence-electron chi connectivity index (χ1n) is 22.2. The van der Waals surface area contributed by atoms with E-state index >= 15 is 0 Å². The normalized spacial score (nSPS) is 14.9. The molecular weight excluding hydrogens is 806 g/mol. The molecule has 0 bridgehead atoms. The summed E-state index contributed by atoms with van der Waals surface area (Å²) in [6, 6.07) is -1.56. The third-order valence-corrected chi connectivity index (χ3v) is 9.37. The minimum absolute atomic E-state index is 0.0404. The highest BCUT2D eigenvalue weighted by Gasteiger charge is 2.28. The molecule has 62 heavy (non-hydrogen) atoms. The van der Waals surface area contributed by atoms with E-state index in [1.807, 2.05) is 30.4 Å². The molecule has 0 saturated carbocycles. The molecule has 3 atom stereocenters. The van der Waals surface area contributed by atoms with Crippen LogP contribution in [-0.2, 0) is 37.5 Å². The number of hydrogen-bond donors (Lipinski definition) is 3. The van der Waals surface area contributed by atoms with Gasteiger partial charge in [0.1, 0.15) is 12.6 Å². The number of esters is 2. The first-order valence-corrected chi connectivity index (χ1v) is 23.7. The lowest BCUT2D eigenvalue weighted by Gasteiger charge is -2.20. The third kappa shape index (κ3) is 42.3. The van der Waals surface area contributed by atoms with Gasteiger partial charge in [0.05, 0.1) is 26.1 Å². The van der Waals surface area contributed by atoms with E-state index in [2.05, 4.69) is 103 Å². The largest absolute Gasteiger partial charge is 0.480 e. The van der Waals surface area contributed by atoms with Crippen LogP contribution in [0.3, 0.4) is 0 Å². The fourth-order valence-corrected chi connectivity index (χ4v) is 5.72. The van der Waals surface area contributed by atoms with E-state index in [-0.39, 0.29) is 12.8 Å². The average Bonchev–Trinajstić information content (AvgIpc) is 3.25. The van der Waals surface area contributed by atoms with Crippen LogP contribution in [0, 0.1) is 0 Å². The van der Waals surface area contributed by atoms with Gasteiger partial charge in [-0.25, -0.2) is 4.57 Å². The van der Waals surface area contributed by atoms with Gasteiger partial charge in [0.25, 0.3) is 0 Å². The van der Waals surface area contributed by atoms with Gasteiger partial charge >= 0.3 is 25.7 Å². The van der Waals surface area contributed by atoms with E-state index in [1.54, 1.807) is 18.2 Å². The summed E-state index contributed by atoms with van der Waals surface area (Å²) in [6.45, 7) is 2.49. The number of carboxylic acids is 1. The summed E-state index contributed by atoms with van der Waals surface area (Å²) >= 11 is 0. The second kappa shape index (κ2) is 43.3. The van der Waals surface area contributed by atoms with Gasteiger partial charge in [-0.2, -0.15) is 0 Å². The molecule has 0 aromatic carbocycles. The Morgan fingerprint density at radius 2 is 0.887 bits per heavy atom. The van der Waals surface area contributed by atoms with Gasteiger partial charge in [0.2, 0.25) is 0 Å². The van der Waals surface area contributed by atoms with Gasteiger partial charge in [-0.15, -0.1) is 0 Å². The molecule has 11 nitrogen and oxygen atoms in total. The van der Waals surface area contributed by atoms with Gasteiger partial charge in [-0.3, -0.25) is 23.4 Å². The molecule has 0 aliphatic carbocycles. The summed E-state index contributed by atoms with van der Waals surface area (Å²) in [5, 5.41) is 8.89. The van der Waals surface area contributed by atoms with E-state index in [9.17, 15) is 23.8 Å². The van der Waals surface area contributed by atoms with Gasteiger partial charge in [0, 0.05) is 0 Å². The molecule has 346 valence electrons. The molecule has 0 aliphatic heterocycles. The van der Waals surface area contributed by atoms with Crippen LogP contribution < -0.4 is 5.73 Å². The Balaban J connectivity index is 4.67. The van der Waals surface area contributed by atoms with Crippen LogP contribution in [0.4, 0.5) is 0 Å². The number of carbonyl (C=O) groups excluding carboxylic acids is 2. The standard InChI is InChI=1S/C50H76NO10P/c1-3-5-7-9-11-13-15-17-19-21-23-25-27-29-31-33-35-37-39-41-48(52)58-43-46(44-59-62(56,57)60-45-47(51)50(54)55)61-49(53)42-40-38-36-34-32-30-28-26-24-22-20-18-16-14-12-10-8-6-4-2/h7,9,13-16,19-22,25-28,31-34,37-40,46-47H,3-6,8,10-12,17-18,23-24,29-30,35-36,41-45,51H2,1-2H3,(H,54,55)(H,56,57)/t46-,47+/m1/s1. The Labute approximate surface area is 372 Å². The van der Waals surface area contributed by atoms with Crippen molar-refractivity contribution in [2.75, 3.05) is 19.8 Å². The minimum atomic E-state index is -4.77. The first-order chi connectivity index (χ1) is 30.1. The van der Waals surface area contributed by atoms with Crippen molar-refractivity contribution in [2.45, 2.75) is 142 Å². The quantitative estimate of drug-likeness (QED) is 0.0232. The van der Waals surface area contributed by atoms with Crippen LogP contribution in [0.15, 0.2) is 134 Å². The molecule has 4 N–H and O–H groups in total. The van der Waals surface area contributed by atoms with Gasteiger partial charge < -0.3 is 25.2 Å². The number of phosphoric ester groups is 1. The number of allylic oxidation sites excluding steroid dienone is 20. The zero-order chi connectivity index (χ0) is 45.6. The number of nitrogens with two attached hydrogens (primary N) is 1. The first kappa shape index (κ1) is 57.6. The summed E-state index contributed by atoms with van der Waals surface area (Å²) < 4.78 is 32.4. The minimum Gasteiger partial charge on any atom is -0.480 e. The van der Waals surface area contributed by atoms with Crippen molar-refractivity contribution in [2.24, 2.45) is 5.73 Å². The molecule has 0 aromatic rings. The fourth-order valence-electron chi connectivity index (χ4n) is 4.94. The van der Waals surface area contributed by atoms with E-state index in [0.29, 0.717) is 12.8 Å². The third-order valence-electron chi connectivity index (χ3n) is 8.42. The lowest BCUT2D eigenvalue weighted by molar-refractivity contribution is -0.160. The van der Waals surface area contributed by atoms with Crippen molar-refractivity contribution in [3.63, 3.8) is 0 Å². The number of phosphoric acid groups is 1. The maximum atomic E-state index is 12.6. The van der Waals surface area contributed by atoms with Crippen LogP contribution in [0.1, 0.15) is 129 Å². The van der Waals surface area contributed by atoms with Crippen LogP contribution in [-0.4, -0.2) is 59.9 Å². The highest BCUT2D eigenvalue weighted by molar-refractivity contribution is 7.47. The number of carboxylic acid groups (broad SMARTS) is 1. The molecule has 0 saturated heterocycles. The molecular formula is C50H76NO10P. The Morgan fingerprint density at radius 3 is 1.31 bits per heavy atom. The smallest absolute Gasteiger partial charge is 0.472 e. The molecule has 0 fully saturated rings. The molecule has 0 spiro atoms. The summed E-state index contributed by atoms with van der Waals surface area (Å²) in [5.74, 6) is -2.72.